The Morgan fingerprint density at radius 1 is 0.339 bits per heavy atom. The lowest BCUT2D eigenvalue weighted by Crippen LogP contribution is -2.33. The first kappa shape index (κ1) is 31.0. The Kier molecular flexibility index (Phi) is 6.52. The van der Waals surface area contributed by atoms with Crippen molar-refractivity contribution in [3.8, 4) is 62.1 Å². The first-order valence-corrected chi connectivity index (χ1v) is 19.1. The Labute approximate surface area is 324 Å². The first-order chi connectivity index (χ1) is 27.8. The Morgan fingerprint density at radius 2 is 0.821 bits per heavy atom. The summed E-state index contributed by atoms with van der Waals surface area (Å²) in [6.45, 7) is 0. The quantitative estimate of drug-likeness (QED) is 0.182. The van der Waals surface area contributed by atoms with Crippen LogP contribution in [0.4, 0.5) is 0 Å². The van der Waals surface area contributed by atoms with E-state index in [0.717, 1.165) is 27.8 Å². The Bertz CT molecular complexity index is 3080. The van der Waals surface area contributed by atoms with E-state index in [0.29, 0.717) is 17.5 Å². The summed E-state index contributed by atoms with van der Waals surface area (Å²) >= 11 is 0. The van der Waals surface area contributed by atoms with Gasteiger partial charge in [-0.3, -0.25) is 0 Å². The molecule has 0 saturated heterocycles. The van der Waals surface area contributed by atoms with Crippen molar-refractivity contribution in [1.82, 2.24) is 19.5 Å². The SMILES string of the molecule is c1ccc(-c2nc(-c3ccccc3)nc(-c3ccc(-c4ccc5c(c4)c4cccc6c4n5-c4ccccc4C64c5ccccc5-c5ccccc54)cc3)n2)cc1. The maximum atomic E-state index is 4.96. The van der Waals surface area contributed by atoms with Gasteiger partial charge in [-0.05, 0) is 62.7 Å². The Balaban J connectivity index is 1.02. The van der Waals surface area contributed by atoms with Crippen molar-refractivity contribution < 1.29 is 0 Å². The lowest BCUT2D eigenvalue weighted by Gasteiger charge is -2.39. The third-order valence-electron chi connectivity index (χ3n) is 11.9. The number of fused-ring (bicyclic) bond motifs is 12. The van der Waals surface area contributed by atoms with Gasteiger partial charge < -0.3 is 4.57 Å². The lowest BCUT2D eigenvalue weighted by molar-refractivity contribution is 0.748. The normalized spacial score (nSPS) is 13.1. The highest BCUT2D eigenvalue weighted by Gasteiger charge is 2.50. The van der Waals surface area contributed by atoms with Crippen LogP contribution in [0.1, 0.15) is 22.3 Å². The van der Waals surface area contributed by atoms with Crippen LogP contribution in [0.15, 0.2) is 194 Å². The topological polar surface area (TPSA) is 43.6 Å². The highest BCUT2D eigenvalue weighted by atomic mass is 15.0. The molecule has 2 aromatic heterocycles. The summed E-state index contributed by atoms with van der Waals surface area (Å²) in [7, 11) is 0. The highest BCUT2D eigenvalue weighted by Crippen LogP contribution is 2.60. The minimum absolute atomic E-state index is 0.415. The summed E-state index contributed by atoms with van der Waals surface area (Å²) in [4.78, 5) is 14.8. The fourth-order valence-electron chi connectivity index (χ4n) is 9.50. The van der Waals surface area contributed by atoms with Crippen LogP contribution >= 0.6 is 0 Å². The molecule has 4 heteroatoms. The molecular weight excluding hydrogens is 681 g/mol. The zero-order chi connectivity index (χ0) is 36.8. The van der Waals surface area contributed by atoms with Crippen molar-refractivity contribution >= 4 is 21.8 Å². The molecule has 2 aliphatic rings. The molecule has 260 valence electrons. The highest BCUT2D eigenvalue weighted by molar-refractivity contribution is 6.13. The van der Waals surface area contributed by atoms with E-state index in [9.17, 15) is 0 Å². The third-order valence-corrected chi connectivity index (χ3v) is 11.9. The van der Waals surface area contributed by atoms with Gasteiger partial charge in [0.2, 0.25) is 0 Å². The molecule has 0 radical (unpaired) electrons. The second-order valence-electron chi connectivity index (χ2n) is 14.7. The zero-order valence-corrected chi connectivity index (χ0v) is 30.3. The van der Waals surface area contributed by atoms with E-state index >= 15 is 0 Å². The summed E-state index contributed by atoms with van der Waals surface area (Å²) in [6, 6.07) is 69.7. The van der Waals surface area contributed by atoms with Crippen molar-refractivity contribution in [2.45, 2.75) is 5.41 Å². The number of nitrogens with zero attached hydrogens (tertiary/aromatic N) is 4. The summed E-state index contributed by atoms with van der Waals surface area (Å²) in [5, 5.41) is 2.51. The van der Waals surface area contributed by atoms with Gasteiger partial charge in [-0.15, -0.1) is 0 Å². The number of benzene rings is 8. The van der Waals surface area contributed by atoms with E-state index in [1.54, 1.807) is 0 Å². The average molecular weight is 713 g/mol. The molecule has 4 nitrogen and oxygen atoms in total. The van der Waals surface area contributed by atoms with Crippen LogP contribution in [-0.2, 0) is 5.41 Å². The first-order valence-electron chi connectivity index (χ1n) is 19.1. The average Bonchev–Trinajstić information content (AvgIpc) is 3.77. The molecule has 0 amide bonds. The fraction of sp³-hybridized carbons (Fsp3) is 0.0192. The molecule has 1 spiro atoms. The Hall–Kier alpha value is -7.43. The molecule has 0 atom stereocenters. The largest absolute Gasteiger partial charge is 0.309 e. The third kappa shape index (κ3) is 4.27. The summed E-state index contributed by atoms with van der Waals surface area (Å²) in [5.41, 5.74) is 16.4. The molecular formula is C52H32N4. The second-order valence-corrected chi connectivity index (χ2v) is 14.7. The molecule has 1 aliphatic heterocycles. The van der Waals surface area contributed by atoms with Gasteiger partial charge in [0.1, 0.15) is 0 Å². The van der Waals surface area contributed by atoms with Gasteiger partial charge in [0.15, 0.2) is 17.5 Å². The summed E-state index contributed by atoms with van der Waals surface area (Å²) in [5.74, 6) is 1.96. The number of para-hydroxylation sites is 2. The van der Waals surface area contributed by atoms with Gasteiger partial charge in [0.25, 0.3) is 0 Å². The van der Waals surface area contributed by atoms with Crippen LogP contribution in [0.25, 0.3) is 83.9 Å². The van der Waals surface area contributed by atoms with Crippen molar-refractivity contribution in [2.24, 2.45) is 0 Å². The molecule has 3 heterocycles. The van der Waals surface area contributed by atoms with Crippen molar-refractivity contribution in [3.05, 3.63) is 216 Å². The number of rotatable bonds is 4. The van der Waals surface area contributed by atoms with Crippen molar-refractivity contribution in [2.75, 3.05) is 0 Å². The van der Waals surface area contributed by atoms with Crippen LogP contribution in [0, 0.1) is 0 Å². The number of aromatic nitrogens is 4. The molecule has 0 bridgehead atoms. The summed E-state index contributed by atoms with van der Waals surface area (Å²) < 4.78 is 2.51. The minimum Gasteiger partial charge on any atom is -0.309 e. The van der Waals surface area contributed by atoms with Gasteiger partial charge in [-0.2, -0.15) is 0 Å². The minimum atomic E-state index is -0.415. The van der Waals surface area contributed by atoms with E-state index in [4.69, 9.17) is 15.0 Å². The standard InChI is InChI=1S/C52H32N4/c1-3-14-34(15-4-1)49-53-50(35-16-5-2-6-17-35)55-51(54-49)36-28-26-33(27-29-36)37-30-31-46-41(32-37)40-20-13-24-45-48(40)56(46)47-25-12-11-23-44(47)52(45)42-21-9-7-18-38(42)39-19-8-10-22-43(39)52/h1-32H. The smallest absolute Gasteiger partial charge is 0.164 e. The predicted molar refractivity (Wildman–Crippen MR) is 227 cm³/mol. The molecule has 1 aliphatic carbocycles. The molecule has 12 rings (SSSR count). The monoisotopic (exact) mass is 712 g/mol. The molecule has 0 N–H and O–H groups in total. The van der Waals surface area contributed by atoms with E-state index < -0.39 is 5.41 Å². The number of hydrogen-bond acceptors (Lipinski definition) is 3. The molecule has 0 fully saturated rings. The van der Waals surface area contributed by atoms with E-state index in [1.165, 1.54) is 60.9 Å². The molecule has 10 aromatic rings. The molecule has 0 saturated carbocycles. The molecule has 0 unspecified atom stereocenters. The van der Waals surface area contributed by atoms with Crippen LogP contribution in [-0.4, -0.2) is 19.5 Å². The van der Waals surface area contributed by atoms with E-state index in [2.05, 4.69) is 138 Å². The Morgan fingerprint density at radius 3 is 1.45 bits per heavy atom. The van der Waals surface area contributed by atoms with Crippen molar-refractivity contribution in [3.63, 3.8) is 0 Å². The van der Waals surface area contributed by atoms with Gasteiger partial charge in [0.05, 0.1) is 22.1 Å². The zero-order valence-electron chi connectivity index (χ0n) is 30.3. The van der Waals surface area contributed by atoms with Crippen LogP contribution in [0.5, 0.6) is 0 Å². The van der Waals surface area contributed by atoms with Crippen molar-refractivity contribution in [1.29, 1.82) is 0 Å². The van der Waals surface area contributed by atoms with Crippen LogP contribution in [0.2, 0.25) is 0 Å². The molecule has 56 heavy (non-hydrogen) atoms. The molecule has 8 aromatic carbocycles. The van der Waals surface area contributed by atoms with Gasteiger partial charge in [-0.1, -0.05) is 176 Å². The number of hydrogen-bond donors (Lipinski definition) is 0. The van der Waals surface area contributed by atoms with E-state index in [-0.39, 0.29) is 0 Å². The maximum absolute atomic E-state index is 4.96. The predicted octanol–water partition coefficient (Wildman–Crippen LogP) is 12.3. The fourth-order valence-corrected chi connectivity index (χ4v) is 9.50. The second kappa shape index (κ2) is 11.8. The van der Waals surface area contributed by atoms with Gasteiger partial charge >= 0.3 is 0 Å². The van der Waals surface area contributed by atoms with Crippen LogP contribution in [0.3, 0.4) is 0 Å². The lowest BCUT2D eigenvalue weighted by atomic mass is 9.65. The van der Waals surface area contributed by atoms with Gasteiger partial charge in [-0.25, -0.2) is 15.0 Å². The van der Waals surface area contributed by atoms with Gasteiger partial charge in [0, 0.05) is 27.5 Å². The maximum Gasteiger partial charge on any atom is 0.164 e. The van der Waals surface area contributed by atoms with E-state index in [1.807, 2.05) is 60.7 Å². The summed E-state index contributed by atoms with van der Waals surface area (Å²) in [6.07, 6.45) is 0. The van der Waals surface area contributed by atoms with Crippen LogP contribution < -0.4 is 0 Å².